The lowest BCUT2D eigenvalue weighted by Crippen LogP contribution is -2.47. The molecule has 140 valence electrons. The van der Waals surface area contributed by atoms with Crippen molar-refractivity contribution in [1.29, 1.82) is 0 Å². The predicted octanol–water partition coefficient (Wildman–Crippen LogP) is 3.72. The number of methoxy groups -OCH3 is 1. The van der Waals surface area contributed by atoms with E-state index in [1.54, 1.807) is 0 Å². The predicted molar refractivity (Wildman–Crippen MR) is 102 cm³/mol. The number of piperidine rings is 1. The average molecular weight is 357 g/mol. The second-order valence-corrected chi connectivity index (χ2v) is 6.92. The van der Waals surface area contributed by atoms with Gasteiger partial charge in [-0.1, -0.05) is 13.0 Å². The van der Waals surface area contributed by atoms with E-state index in [9.17, 15) is 4.39 Å². The fourth-order valence-electron chi connectivity index (χ4n) is 3.76. The van der Waals surface area contributed by atoms with E-state index in [1.807, 2.05) is 24.5 Å². The van der Waals surface area contributed by atoms with Crippen LogP contribution in [0.3, 0.4) is 0 Å². The second-order valence-electron chi connectivity index (χ2n) is 6.92. The van der Waals surface area contributed by atoms with Crippen molar-refractivity contribution in [3.8, 4) is 5.75 Å². The minimum atomic E-state index is -0.303. The lowest BCUT2D eigenvalue weighted by atomic mass is 10.0. The number of pyridine rings is 1. The number of rotatable bonds is 7. The van der Waals surface area contributed by atoms with Crippen molar-refractivity contribution in [3.05, 3.63) is 59.7 Å². The highest BCUT2D eigenvalue weighted by Crippen LogP contribution is 2.23. The normalized spacial score (nSPS) is 18.2. The molecule has 0 radical (unpaired) electrons. The molecule has 0 saturated carbocycles. The zero-order chi connectivity index (χ0) is 18.4. The molecule has 1 saturated heterocycles. The largest absolute Gasteiger partial charge is 0.494 e. The van der Waals surface area contributed by atoms with E-state index in [0.29, 0.717) is 11.8 Å². The highest BCUT2D eigenvalue weighted by atomic mass is 19.1. The summed E-state index contributed by atoms with van der Waals surface area (Å²) in [5.41, 5.74) is 2.41. The molecule has 1 aliphatic heterocycles. The van der Waals surface area contributed by atoms with Crippen LogP contribution in [-0.4, -0.2) is 47.6 Å². The van der Waals surface area contributed by atoms with Crippen LogP contribution in [0, 0.1) is 5.82 Å². The number of hydrogen-bond donors (Lipinski definition) is 0. The summed E-state index contributed by atoms with van der Waals surface area (Å²) in [5, 5.41) is 0. The molecule has 1 aliphatic rings. The smallest absolute Gasteiger partial charge is 0.165 e. The zero-order valence-electron chi connectivity index (χ0n) is 15.7. The van der Waals surface area contributed by atoms with E-state index in [0.717, 1.165) is 38.3 Å². The molecule has 2 heterocycles. The van der Waals surface area contributed by atoms with Crippen molar-refractivity contribution in [3.63, 3.8) is 0 Å². The van der Waals surface area contributed by atoms with E-state index in [4.69, 9.17) is 4.74 Å². The van der Waals surface area contributed by atoms with Crippen molar-refractivity contribution in [1.82, 2.24) is 14.8 Å². The van der Waals surface area contributed by atoms with Crippen LogP contribution < -0.4 is 4.74 Å². The van der Waals surface area contributed by atoms with Gasteiger partial charge < -0.3 is 4.74 Å². The Kier molecular flexibility index (Phi) is 6.58. The van der Waals surface area contributed by atoms with E-state index >= 15 is 0 Å². The summed E-state index contributed by atoms with van der Waals surface area (Å²) < 4.78 is 18.7. The van der Waals surface area contributed by atoms with Crippen LogP contribution in [0.25, 0.3) is 0 Å². The number of nitrogens with zero attached hydrogens (tertiary/aromatic N) is 3. The number of likely N-dealkylation sites (tertiary alicyclic amines) is 1. The van der Waals surface area contributed by atoms with Crippen LogP contribution in [0.1, 0.15) is 30.9 Å². The van der Waals surface area contributed by atoms with E-state index in [1.165, 1.54) is 31.6 Å². The van der Waals surface area contributed by atoms with Gasteiger partial charge in [-0.3, -0.25) is 14.8 Å². The van der Waals surface area contributed by atoms with Crippen molar-refractivity contribution < 1.29 is 9.13 Å². The first-order valence-corrected chi connectivity index (χ1v) is 9.37. The molecule has 0 N–H and O–H groups in total. The third-order valence-corrected chi connectivity index (χ3v) is 5.16. The van der Waals surface area contributed by atoms with Crippen LogP contribution in [0.4, 0.5) is 4.39 Å². The van der Waals surface area contributed by atoms with Crippen molar-refractivity contribution in [2.24, 2.45) is 0 Å². The SMILES string of the molecule is CCN(Cc1ccncc1)[C@@H]1CCCN(Cc2ccc(F)c(OC)c2)C1. The van der Waals surface area contributed by atoms with Gasteiger partial charge in [0.25, 0.3) is 0 Å². The summed E-state index contributed by atoms with van der Waals surface area (Å²) in [6, 6.07) is 9.90. The summed E-state index contributed by atoms with van der Waals surface area (Å²) in [4.78, 5) is 9.12. The van der Waals surface area contributed by atoms with Gasteiger partial charge in [0.2, 0.25) is 0 Å². The van der Waals surface area contributed by atoms with Gasteiger partial charge in [-0.25, -0.2) is 4.39 Å². The minimum Gasteiger partial charge on any atom is -0.494 e. The molecule has 4 nitrogen and oxygen atoms in total. The molecule has 5 heteroatoms. The van der Waals surface area contributed by atoms with Crippen LogP contribution in [0.5, 0.6) is 5.75 Å². The summed E-state index contributed by atoms with van der Waals surface area (Å²) in [6.45, 7) is 7.18. The maximum absolute atomic E-state index is 13.6. The monoisotopic (exact) mass is 357 g/mol. The number of hydrogen-bond acceptors (Lipinski definition) is 4. The molecular weight excluding hydrogens is 329 g/mol. The molecule has 0 bridgehead atoms. The highest BCUT2D eigenvalue weighted by Gasteiger charge is 2.24. The first kappa shape index (κ1) is 18.8. The molecule has 0 aliphatic carbocycles. The second kappa shape index (κ2) is 9.10. The van der Waals surface area contributed by atoms with Crippen molar-refractivity contribution >= 4 is 0 Å². The van der Waals surface area contributed by atoms with Gasteiger partial charge in [-0.2, -0.15) is 0 Å². The molecule has 1 aromatic heterocycles. The van der Waals surface area contributed by atoms with E-state index < -0.39 is 0 Å². The van der Waals surface area contributed by atoms with Gasteiger partial charge in [0.05, 0.1) is 7.11 Å². The number of aromatic nitrogens is 1. The highest BCUT2D eigenvalue weighted by molar-refractivity contribution is 5.30. The van der Waals surface area contributed by atoms with Crippen LogP contribution in [0.2, 0.25) is 0 Å². The molecule has 26 heavy (non-hydrogen) atoms. The van der Waals surface area contributed by atoms with E-state index in [-0.39, 0.29) is 5.82 Å². The molecule has 0 spiro atoms. The summed E-state index contributed by atoms with van der Waals surface area (Å²) in [7, 11) is 1.51. The Morgan fingerprint density at radius 1 is 1.23 bits per heavy atom. The third-order valence-electron chi connectivity index (χ3n) is 5.16. The minimum absolute atomic E-state index is 0.303. The quantitative estimate of drug-likeness (QED) is 0.755. The summed E-state index contributed by atoms with van der Waals surface area (Å²) in [6.07, 6.45) is 6.13. The number of likely N-dealkylation sites (N-methyl/N-ethyl adjacent to an activating group) is 1. The maximum Gasteiger partial charge on any atom is 0.165 e. The number of ether oxygens (including phenoxy) is 1. The fourth-order valence-corrected chi connectivity index (χ4v) is 3.76. The van der Waals surface area contributed by atoms with Gasteiger partial charge in [0.1, 0.15) is 0 Å². The lowest BCUT2D eigenvalue weighted by molar-refractivity contribution is 0.0917. The Bertz CT molecular complexity index is 695. The summed E-state index contributed by atoms with van der Waals surface area (Å²) >= 11 is 0. The first-order chi connectivity index (χ1) is 12.7. The number of benzene rings is 1. The average Bonchev–Trinajstić information content (AvgIpc) is 2.68. The molecule has 0 unspecified atom stereocenters. The first-order valence-electron chi connectivity index (χ1n) is 9.37. The molecule has 1 atom stereocenters. The topological polar surface area (TPSA) is 28.6 Å². The van der Waals surface area contributed by atoms with Gasteiger partial charge in [0.15, 0.2) is 11.6 Å². The van der Waals surface area contributed by atoms with Crippen LogP contribution in [0.15, 0.2) is 42.7 Å². The molecular formula is C21H28FN3O. The Labute approximate surface area is 155 Å². The van der Waals surface area contributed by atoms with Gasteiger partial charge in [-0.05, 0) is 61.3 Å². The molecule has 0 amide bonds. The van der Waals surface area contributed by atoms with E-state index in [2.05, 4.69) is 33.8 Å². The van der Waals surface area contributed by atoms with Gasteiger partial charge in [-0.15, -0.1) is 0 Å². The Morgan fingerprint density at radius 3 is 2.77 bits per heavy atom. The standard InChI is InChI=1S/C21H28FN3O/c1-3-25(15-17-8-10-23-11-9-17)19-5-4-12-24(16-19)14-18-6-7-20(22)21(13-18)26-2/h6-11,13,19H,3-5,12,14-16H2,1-2H3/t19-/m1/s1. The van der Waals surface area contributed by atoms with Gasteiger partial charge in [0, 0.05) is 38.1 Å². The summed E-state index contributed by atoms with van der Waals surface area (Å²) in [5.74, 6) is 0.0196. The zero-order valence-corrected chi connectivity index (χ0v) is 15.7. The molecule has 3 rings (SSSR count). The van der Waals surface area contributed by atoms with Crippen molar-refractivity contribution in [2.45, 2.75) is 38.9 Å². The third kappa shape index (κ3) is 4.80. The van der Waals surface area contributed by atoms with Crippen LogP contribution >= 0.6 is 0 Å². The lowest BCUT2D eigenvalue weighted by Gasteiger charge is -2.39. The maximum atomic E-state index is 13.6. The molecule has 1 fully saturated rings. The van der Waals surface area contributed by atoms with Gasteiger partial charge >= 0.3 is 0 Å². The molecule has 1 aromatic carbocycles. The fraction of sp³-hybridized carbons (Fsp3) is 0.476. The Balaban J connectivity index is 1.62. The Morgan fingerprint density at radius 2 is 2.04 bits per heavy atom. The van der Waals surface area contributed by atoms with Crippen LogP contribution in [-0.2, 0) is 13.1 Å². The Hall–Kier alpha value is -1.98. The number of halogens is 1. The van der Waals surface area contributed by atoms with Crippen molar-refractivity contribution in [2.75, 3.05) is 26.7 Å². The molecule has 2 aromatic rings.